The first-order chi connectivity index (χ1) is 10.8. The van der Waals surface area contributed by atoms with E-state index in [0.717, 1.165) is 33.4 Å². The minimum absolute atomic E-state index is 0.0761. The Hall–Kier alpha value is -1.75. The van der Waals surface area contributed by atoms with Crippen LogP contribution in [0.5, 0.6) is 0 Å². The van der Waals surface area contributed by atoms with Crippen LogP contribution < -0.4 is 5.56 Å². The lowest BCUT2D eigenvalue weighted by Gasteiger charge is -2.10. The largest absolute Gasteiger partial charge is 0.298 e. The Bertz CT molecular complexity index is 890. The van der Waals surface area contributed by atoms with Gasteiger partial charge in [0, 0.05) is 18.1 Å². The zero-order valence-electron chi connectivity index (χ0n) is 12.7. The Balaban J connectivity index is 2.00. The van der Waals surface area contributed by atoms with Gasteiger partial charge in [0.2, 0.25) is 0 Å². The molecule has 3 aromatic heterocycles. The van der Waals surface area contributed by atoms with Crippen molar-refractivity contribution in [3.05, 3.63) is 34.5 Å². The van der Waals surface area contributed by atoms with Gasteiger partial charge in [0.05, 0.1) is 11.8 Å². The Morgan fingerprint density at radius 2 is 2.14 bits per heavy atom. The molecule has 0 N–H and O–H groups in total. The van der Waals surface area contributed by atoms with Crippen LogP contribution in [-0.2, 0) is 6.54 Å². The van der Waals surface area contributed by atoms with E-state index in [0.29, 0.717) is 5.92 Å². The van der Waals surface area contributed by atoms with Gasteiger partial charge in [-0.25, -0.2) is 9.97 Å². The van der Waals surface area contributed by atoms with Gasteiger partial charge < -0.3 is 0 Å². The van der Waals surface area contributed by atoms with Crippen LogP contribution in [0.15, 0.2) is 23.4 Å². The van der Waals surface area contributed by atoms with Crippen LogP contribution in [0, 0.1) is 0 Å². The number of aromatic nitrogens is 3. The molecule has 4 nitrogen and oxygen atoms in total. The maximum Gasteiger partial charge on any atom is 0.271 e. The minimum Gasteiger partial charge on any atom is -0.298 e. The molecule has 0 atom stereocenters. The third-order valence-electron chi connectivity index (χ3n) is 4.64. The average Bonchev–Trinajstić information content (AvgIpc) is 3.17. The molecule has 1 saturated carbocycles. The Morgan fingerprint density at radius 3 is 2.91 bits per heavy atom. The SMILES string of the molecule is CCCn1cnc2c(sc3nccc(C4CCCC4)c32)c1=O. The Kier molecular flexibility index (Phi) is 3.45. The van der Waals surface area contributed by atoms with Crippen molar-refractivity contribution in [3.63, 3.8) is 0 Å². The summed E-state index contributed by atoms with van der Waals surface area (Å²) in [6, 6.07) is 2.13. The summed E-state index contributed by atoms with van der Waals surface area (Å²) in [5.74, 6) is 0.600. The molecule has 0 amide bonds. The third kappa shape index (κ3) is 2.07. The number of fused-ring (bicyclic) bond motifs is 3. The van der Waals surface area contributed by atoms with Crippen LogP contribution in [0.25, 0.3) is 20.4 Å². The zero-order valence-corrected chi connectivity index (χ0v) is 13.5. The van der Waals surface area contributed by atoms with E-state index in [2.05, 4.69) is 23.0 Å². The summed E-state index contributed by atoms with van der Waals surface area (Å²) in [5.41, 5.74) is 2.27. The predicted molar refractivity (Wildman–Crippen MR) is 90.7 cm³/mol. The maximum atomic E-state index is 12.6. The van der Waals surface area contributed by atoms with Gasteiger partial charge in [-0.15, -0.1) is 11.3 Å². The second kappa shape index (κ2) is 5.47. The minimum atomic E-state index is 0.0761. The van der Waals surface area contributed by atoms with E-state index in [9.17, 15) is 4.79 Å². The van der Waals surface area contributed by atoms with Gasteiger partial charge in [0.25, 0.3) is 5.56 Å². The number of aryl methyl sites for hydroxylation is 1. The average molecular weight is 313 g/mol. The van der Waals surface area contributed by atoms with Crippen LogP contribution in [0.3, 0.4) is 0 Å². The van der Waals surface area contributed by atoms with Crippen molar-refractivity contribution in [3.8, 4) is 0 Å². The molecule has 0 spiro atoms. The van der Waals surface area contributed by atoms with Crippen LogP contribution in [0.1, 0.15) is 50.5 Å². The van der Waals surface area contributed by atoms with E-state index < -0.39 is 0 Å². The standard InChI is InChI=1S/C17H19N3OS/c1-2-9-20-10-19-14-13-12(11-5-3-4-6-11)7-8-18-16(13)22-15(14)17(20)21/h7-8,10-11H,2-6,9H2,1H3. The first-order valence-corrected chi connectivity index (χ1v) is 8.87. The first kappa shape index (κ1) is 13.9. The van der Waals surface area contributed by atoms with E-state index >= 15 is 0 Å². The van der Waals surface area contributed by atoms with Gasteiger partial charge in [0.15, 0.2) is 0 Å². The van der Waals surface area contributed by atoms with Crippen molar-refractivity contribution in [1.29, 1.82) is 0 Å². The lowest BCUT2D eigenvalue weighted by atomic mass is 9.96. The summed E-state index contributed by atoms with van der Waals surface area (Å²) in [6.45, 7) is 2.79. The van der Waals surface area contributed by atoms with Crippen LogP contribution >= 0.6 is 11.3 Å². The molecule has 4 rings (SSSR count). The summed E-state index contributed by atoms with van der Waals surface area (Å²) < 4.78 is 2.47. The van der Waals surface area contributed by atoms with Crippen molar-refractivity contribution in [2.45, 2.75) is 51.5 Å². The quantitative estimate of drug-likeness (QED) is 0.732. The van der Waals surface area contributed by atoms with E-state index in [4.69, 9.17) is 0 Å². The van der Waals surface area contributed by atoms with Gasteiger partial charge in [-0.3, -0.25) is 9.36 Å². The molecule has 3 aromatic rings. The Labute approximate surface area is 132 Å². The maximum absolute atomic E-state index is 12.6. The van der Waals surface area contributed by atoms with Gasteiger partial charge in [0.1, 0.15) is 9.53 Å². The van der Waals surface area contributed by atoms with Crippen LogP contribution in [0.4, 0.5) is 0 Å². The van der Waals surface area contributed by atoms with Crippen LogP contribution in [0.2, 0.25) is 0 Å². The fourth-order valence-corrected chi connectivity index (χ4v) is 4.67. The molecule has 3 heterocycles. The molecule has 1 aliphatic rings. The number of hydrogen-bond acceptors (Lipinski definition) is 4. The highest BCUT2D eigenvalue weighted by Gasteiger charge is 2.22. The molecule has 1 aliphatic carbocycles. The molecule has 0 aromatic carbocycles. The summed E-state index contributed by atoms with van der Waals surface area (Å²) in [6.07, 6.45) is 9.60. The van der Waals surface area contributed by atoms with Crippen molar-refractivity contribution in [2.24, 2.45) is 0 Å². The summed E-state index contributed by atoms with van der Waals surface area (Å²) in [4.78, 5) is 22.7. The van der Waals surface area contributed by atoms with Crippen molar-refractivity contribution in [2.75, 3.05) is 0 Å². The number of thiophene rings is 1. The number of pyridine rings is 1. The second-order valence-electron chi connectivity index (χ2n) is 6.08. The molecule has 0 aliphatic heterocycles. The smallest absolute Gasteiger partial charge is 0.271 e. The highest BCUT2D eigenvalue weighted by Crippen LogP contribution is 2.40. The fraction of sp³-hybridized carbons (Fsp3) is 0.471. The van der Waals surface area contributed by atoms with Crippen molar-refractivity contribution in [1.82, 2.24) is 14.5 Å². The lowest BCUT2D eigenvalue weighted by molar-refractivity contribution is 0.649. The van der Waals surface area contributed by atoms with Gasteiger partial charge >= 0.3 is 0 Å². The molecular weight excluding hydrogens is 294 g/mol. The molecule has 1 fully saturated rings. The van der Waals surface area contributed by atoms with E-state index in [1.54, 1.807) is 10.9 Å². The first-order valence-electron chi connectivity index (χ1n) is 8.06. The highest BCUT2D eigenvalue weighted by molar-refractivity contribution is 7.25. The Morgan fingerprint density at radius 1 is 1.32 bits per heavy atom. The van der Waals surface area contributed by atoms with Gasteiger partial charge in [-0.05, 0) is 36.8 Å². The zero-order chi connectivity index (χ0) is 15.1. The topological polar surface area (TPSA) is 47.8 Å². The van der Waals surface area contributed by atoms with Crippen molar-refractivity contribution >= 4 is 31.8 Å². The summed E-state index contributed by atoms with van der Waals surface area (Å²) in [5, 5.41) is 1.12. The number of hydrogen-bond donors (Lipinski definition) is 0. The lowest BCUT2D eigenvalue weighted by Crippen LogP contribution is -2.19. The summed E-state index contributed by atoms with van der Waals surface area (Å²) >= 11 is 1.49. The predicted octanol–water partition coefficient (Wildman–Crippen LogP) is 4.07. The normalized spacial score (nSPS) is 16.0. The van der Waals surface area contributed by atoms with Gasteiger partial charge in [-0.1, -0.05) is 19.8 Å². The number of rotatable bonds is 3. The molecule has 0 bridgehead atoms. The highest BCUT2D eigenvalue weighted by atomic mass is 32.1. The molecule has 114 valence electrons. The van der Waals surface area contributed by atoms with E-state index in [-0.39, 0.29) is 5.56 Å². The molecule has 5 heteroatoms. The number of nitrogens with zero attached hydrogens (tertiary/aromatic N) is 3. The molecule has 0 radical (unpaired) electrons. The molecule has 0 unspecified atom stereocenters. The second-order valence-corrected chi connectivity index (χ2v) is 7.08. The monoisotopic (exact) mass is 313 g/mol. The molecule has 0 saturated heterocycles. The van der Waals surface area contributed by atoms with Crippen molar-refractivity contribution < 1.29 is 0 Å². The fourth-order valence-electron chi connectivity index (χ4n) is 3.59. The van der Waals surface area contributed by atoms with Gasteiger partial charge in [-0.2, -0.15) is 0 Å². The van der Waals surface area contributed by atoms with E-state index in [1.807, 2.05) is 6.20 Å². The summed E-state index contributed by atoms with van der Waals surface area (Å²) in [7, 11) is 0. The molecular formula is C17H19N3OS. The molecule has 22 heavy (non-hydrogen) atoms. The van der Waals surface area contributed by atoms with E-state index in [1.165, 1.54) is 42.6 Å². The van der Waals surface area contributed by atoms with Crippen LogP contribution in [-0.4, -0.2) is 14.5 Å². The third-order valence-corrected chi connectivity index (χ3v) is 5.71.